The maximum absolute atomic E-state index is 14.5. The van der Waals surface area contributed by atoms with E-state index in [1.165, 1.54) is 35.4 Å². The van der Waals surface area contributed by atoms with Crippen molar-refractivity contribution in [1.29, 1.82) is 0 Å². The summed E-state index contributed by atoms with van der Waals surface area (Å²) in [5.74, 6) is -1.69. The Morgan fingerprint density at radius 3 is 1.35 bits per heavy atom. The molecule has 0 fully saturated rings. The molecule has 0 aliphatic heterocycles. The minimum Gasteiger partial charge on any atom is -0.258 e. The van der Waals surface area contributed by atoms with Gasteiger partial charge < -0.3 is 0 Å². The molecule has 0 aliphatic rings. The van der Waals surface area contributed by atoms with E-state index >= 15 is 0 Å². The molecule has 0 atom stereocenters. The average Bonchev–Trinajstić information content (AvgIpc) is 3.07. The third-order valence-electron chi connectivity index (χ3n) is 6.99. The highest BCUT2D eigenvalue weighted by molar-refractivity contribution is 9.10. The highest BCUT2D eigenvalue weighted by Gasteiger charge is 2.20. The average molecular weight is 750 g/mol. The highest BCUT2D eigenvalue weighted by Crippen LogP contribution is 2.38. The number of hydrogen-bond donors (Lipinski definition) is 0. The highest BCUT2D eigenvalue weighted by atomic mass is 79.9. The van der Waals surface area contributed by atoms with Crippen molar-refractivity contribution in [1.82, 2.24) is 0 Å². The predicted molar refractivity (Wildman–Crippen MR) is 191 cm³/mol. The van der Waals surface area contributed by atoms with Crippen LogP contribution in [0.3, 0.4) is 0 Å². The Morgan fingerprint density at radius 1 is 0.500 bits per heavy atom. The van der Waals surface area contributed by atoms with Gasteiger partial charge in [0.05, 0.1) is 14.3 Å². The summed E-state index contributed by atoms with van der Waals surface area (Å²) in [7, 11) is 0. The Labute approximate surface area is 293 Å². The van der Waals surface area contributed by atoms with Crippen LogP contribution in [0.4, 0.5) is 20.2 Å². The smallest absolute Gasteiger partial charge is 0.258 e. The molecule has 0 saturated carbocycles. The summed E-state index contributed by atoms with van der Waals surface area (Å²) >= 11 is 15.2. The molecule has 0 heterocycles. The molecule has 0 amide bonds. The standard InChI is InChI=1S/C18H11ClFNO2.C13H11Cl.C6H3BrFNO2/c19-16-10-4-3-8-14(16)12-6-1-2-7-13(12)15-9-5-11-17(18(15)20)21(22)23;1-10-6-2-3-7-11(10)12-8-4-5-9-13(12)14;7-4-2-1-3-5(6(4)8)9(10)11/h1-11H;2-9H,1H3;1-3H. The number of nitro benzene ring substituents is 2. The van der Waals surface area contributed by atoms with Crippen molar-refractivity contribution >= 4 is 50.5 Å². The molecule has 0 N–H and O–H groups in total. The van der Waals surface area contributed by atoms with Gasteiger partial charge in [-0.15, -0.1) is 0 Å². The first-order valence-electron chi connectivity index (χ1n) is 14.2. The van der Waals surface area contributed by atoms with Crippen LogP contribution in [0.15, 0.2) is 138 Å². The summed E-state index contributed by atoms with van der Waals surface area (Å²) in [6.07, 6.45) is 0. The molecule has 0 spiro atoms. The van der Waals surface area contributed by atoms with Crippen molar-refractivity contribution in [2.45, 2.75) is 6.92 Å². The summed E-state index contributed by atoms with van der Waals surface area (Å²) in [5, 5.41) is 22.4. The van der Waals surface area contributed by atoms with Gasteiger partial charge >= 0.3 is 11.4 Å². The Morgan fingerprint density at radius 2 is 0.875 bits per heavy atom. The van der Waals surface area contributed by atoms with Gasteiger partial charge in [0, 0.05) is 38.9 Å². The number of hydrogen-bond acceptors (Lipinski definition) is 4. The second kappa shape index (κ2) is 16.7. The molecule has 242 valence electrons. The summed E-state index contributed by atoms with van der Waals surface area (Å²) in [6, 6.07) is 38.6. The van der Waals surface area contributed by atoms with Gasteiger partial charge in [0.2, 0.25) is 11.6 Å². The van der Waals surface area contributed by atoms with E-state index in [1.54, 1.807) is 18.2 Å². The van der Waals surface area contributed by atoms with E-state index < -0.39 is 32.9 Å². The Bertz CT molecular complexity index is 2050. The quantitative estimate of drug-likeness (QED) is 0.130. The molecule has 48 heavy (non-hydrogen) atoms. The van der Waals surface area contributed by atoms with Crippen LogP contribution in [0.25, 0.3) is 33.4 Å². The lowest BCUT2D eigenvalue weighted by Crippen LogP contribution is -1.95. The van der Waals surface area contributed by atoms with Crippen LogP contribution in [0.5, 0.6) is 0 Å². The summed E-state index contributed by atoms with van der Waals surface area (Å²) in [6.45, 7) is 2.10. The fraction of sp³-hybridized carbons (Fsp3) is 0.0270. The lowest BCUT2D eigenvalue weighted by molar-refractivity contribution is -0.387. The van der Waals surface area contributed by atoms with Gasteiger partial charge in [0.1, 0.15) is 0 Å². The zero-order chi connectivity index (χ0) is 34.8. The molecule has 6 aromatic rings. The van der Waals surface area contributed by atoms with Crippen molar-refractivity contribution in [3.8, 4) is 33.4 Å². The Balaban J connectivity index is 0.000000177. The van der Waals surface area contributed by atoms with Crippen LogP contribution in [0.2, 0.25) is 10.0 Å². The fourth-order valence-electron chi connectivity index (χ4n) is 4.69. The molecule has 0 bridgehead atoms. The summed E-state index contributed by atoms with van der Waals surface area (Å²) < 4.78 is 27.4. The summed E-state index contributed by atoms with van der Waals surface area (Å²) in [5.41, 5.74) is 4.70. The van der Waals surface area contributed by atoms with Crippen LogP contribution < -0.4 is 0 Å². The van der Waals surface area contributed by atoms with E-state index in [0.717, 1.165) is 33.8 Å². The van der Waals surface area contributed by atoms with Crippen molar-refractivity contribution in [2.75, 3.05) is 0 Å². The number of nitro groups is 2. The van der Waals surface area contributed by atoms with Gasteiger partial charge in [0.25, 0.3) is 0 Å². The van der Waals surface area contributed by atoms with Crippen LogP contribution in [-0.4, -0.2) is 9.85 Å². The first-order chi connectivity index (χ1) is 23.0. The SMILES string of the molecule is Cc1ccccc1-c1ccccc1Cl.O=[N+]([O-])c1cccc(-c2ccccc2-c2ccccc2Cl)c1F.O=[N+]([O-])c1cccc(Br)c1F. The third-order valence-corrected chi connectivity index (χ3v) is 8.26. The largest absolute Gasteiger partial charge is 0.305 e. The first-order valence-corrected chi connectivity index (χ1v) is 15.7. The molecule has 11 heteroatoms. The van der Waals surface area contributed by atoms with E-state index in [1.807, 2.05) is 66.7 Å². The number of halogens is 5. The fourth-order valence-corrected chi connectivity index (χ4v) is 5.52. The molecular weight excluding hydrogens is 725 g/mol. The van der Waals surface area contributed by atoms with E-state index in [4.69, 9.17) is 23.2 Å². The first kappa shape index (κ1) is 35.9. The normalized spacial score (nSPS) is 10.2. The zero-order valence-corrected chi connectivity index (χ0v) is 28.2. The Hall–Kier alpha value is -4.96. The van der Waals surface area contributed by atoms with Crippen LogP contribution >= 0.6 is 39.1 Å². The maximum Gasteiger partial charge on any atom is 0.305 e. The minimum absolute atomic E-state index is 0.103. The lowest BCUT2D eigenvalue weighted by Gasteiger charge is -2.12. The van der Waals surface area contributed by atoms with Crippen LogP contribution in [0, 0.1) is 38.8 Å². The molecule has 6 aromatic carbocycles. The summed E-state index contributed by atoms with van der Waals surface area (Å²) in [4.78, 5) is 19.6. The van der Waals surface area contributed by atoms with E-state index in [0.29, 0.717) is 10.6 Å². The number of aryl methyl sites for hydroxylation is 1. The van der Waals surface area contributed by atoms with Crippen LogP contribution in [0.1, 0.15) is 5.56 Å². The van der Waals surface area contributed by atoms with Crippen molar-refractivity contribution in [2.24, 2.45) is 0 Å². The lowest BCUT2D eigenvalue weighted by atomic mass is 9.94. The molecular formula is C37H25BrCl2F2N2O4. The third kappa shape index (κ3) is 8.68. The maximum atomic E-state index is 14.5. The topological polar surface area (TPSA) is 86.3 Å². The number of benzene rings is 6. The molecule has 0 saturated heterocycles. The van der Waals surface area contributed by atoms with Gasteiger partial charge in [-0.1, -0.05) is 126 Å². The molecule has 0 radical (unpaired) electrons. The van der Waals surface area contributed by atoms with E-state index in [2.05, 4.69) is 35.0 Å². The second-order valence-corrected chi connectivity index (χ2v) is 11.7. The molecule has 0 aliphatic carbocycles. The van der Waals surface area contributed by atoms with Gasteiger partial charge in [-0.2, -0.15) is 8.78 Å². The Kier molecular flexibility index (Phi) is 12.5. The van der Waals surface area contributed by atoms with Gasteiger partial charge in [-0.3, -0.25) is 20.2 Å². The minimum atomic E-state index is -0.850. The molecule has 0 aromatic heterocycles. The van der Waals surface area contributed by atoms with Crippen molar-refractivity contribution in [3.05, 3.63) is 185 Å². The van der Waals surface area contributed by atoms with Crippen molar-refractivity contribution in [3.63, 3.8) is 0 Å². The second-order valence-electron chi connectivity index (χ2n) is 10.0. The van der Waals surface area contributed by atoms with E-state index in [9.17, 15) is 29.0 Å². The zero-order valence-electron chi connectivity index (χ0n) is 25.1. The van der Waals surface area contributed by atoms with Gasteiger partial charge in [0.15, 0.2) is 0 Å². The van der Waals surface area contributed by atoms with Crippen molar-refractivity contribution < 1.29 is 18.6 Å². The van der Waals surface area contributed by atoms with Crippen LogP contribution in [-0.2, 0) is 0 Å². The molecule has 6 nitrogen and oxygen atoms in total. The number of rotatable bonds is 5. The monoisotopic (exact) mass is 748 g/mol. The molecule has 6 rings (SSSR count). The predicted octanol–water partition coefficient (Wildman–Crippen LogP) is 12.5. The van der Waals surface area contributed by atoms with Gasteiger partial charge in [-0.25, -0.2) is 0 Å². The van der Waals surface area contributed by atoms with E-state index in [-0.39, 0.29) is 10.0 Å². The van der Waals surface area contributed by atoms with Gasteiger partial charge in [-0.05, 0) is 63.3 Å². The molecule has 0 unspecified atom stereocenters. The number of nitrogens with zero attached hydrogens (tertiary/aromatic N) is 2.